The van der Waals surface area contributed by atoms with Gasteiger partial charge in [0.15, 0.2) is 0 Å². The number of H-pyrrole nitrogens is 1. The number of ether oxygens (including phenoxy) is 1. The van der Waals surface area contributed by atoms with Crippen LogP contribution in [0.5, 0.6) is 11.6 Å². The molecule has 5 nitrogen and oxygen atoms in total. The summed E-state index contributed by atoms with van der Waals surface area (Å²) in [6, 6.07) is 7.22. The highest BCUT2D eigenvalue weighted by molar-refractivity contribution is 5.58. The molecule has 0 atom stereocenters. The van der Waals surface area contributed by atoms with Gasteiger partial charge in [-0.05, 0) is 30.9 Å². The molecule has 0 radical (unpaired) electrons. The molecule has 0 spiro atoms. The molecule has 1 heterocycles. The van der Waals surface area contributed by atoms with Crippen molar-refractivity contribution in [2.45, 2.75) is 31.6 Å². The Morgan fingerprint density at radius 2 is 2.10 bits per heavy atom. The van der Waals surface area contributed by atoms with Crippen LogP contribution in [0.1, 0.15) is 37.2 Å². The fourth-order valence-corrected chi connectivity index (χ4v) is 2.96. The number of hydrogen-bond donors (Lipinski definition) is 2. The molecule has 0 saturated heterocycles. The lowest BCUT2D eigenvalue weighted by molar-refractivity contribution is 0.415. The van der Waals surface area contributed by atoms with Gasteiger partial charge in [-0.25, -0.2) is 0 Å². The molecule has 1 aliphatic carbocycles. The minimum absolute atomic E-state index is 0.126. The second-order valence-electron chi connectivity index (χ2n) is 5.37. The van der Waals surface area contributed by atoms with E-state index in [9.17, 15) is 9.90 Å². The number of methoxy groups -OCH3 is 1. The van der Waals surface area contributed by atoms with E-state index >= 15 is 0 Å². The van der Waals surface area contributed by atoms with Crippen LogP contribution in [0.15, 0.2) is 29.1 Å². The SMILES string of the molecule is COc1cccc(-c2nc(O)c(C3CCCC3)c(=O)[nH]2)c1. The Kier molecular flexibility index (Phi) is 3.64. The number of hydrogen-bond acceptors (Lipinski definition) is 4. The topological polar surface area (TPSA) is 75.2 Å². The van der Waals surface area contributed by atoms with E-state index in [1.165, 1.54) is 0 Å². The molecule has 0 unspecified atom stereocenters. The van der Waals surface area contributed by atoms with Gasteiger partial charge in [0.05, 0.1) is 12.7 Å². The van der Waals surface area contributed by atoms with Crippen molar-refractivity contribution in [3.8, 4) is 23.0 Å². The molecule has 2 aromatic rings. The maximum atomic E-state index is 12.3. The monoisotopic (exact) mass is 286 g/mol. The predicted molar refractivity (Wildman–Crippen MR) is 79.7 cm³/mol. The van der Waals surface area contributed by atoms with Crippen molar-refractivity contribution >= 4 is 0 Å². The lowest BCUT2D eigenvalue weighted by atomic mass is 10.00. The third-order valence-corrected chi connectivity index (χ3v) is 4.04. The number of aromatic hydroxyl groups is 1. The van der Waals surface area contributed by atoms with Gasteiger partial charge in [0.25, 0.3) is 5.56 Å². The average Bonchev–Trinajstić information content (AvgIpc) is 3.00. The highest BCUT2D eigenvalue weighted by atomic mass is 16.5. The van der Waals surface area contributed by atoms with Crippen molar-refractivity contribution < 1.29 is 9.84 Å². The third kappa shape index (κ3) is 2.63. The summed E-state index contributed by atoms with van der Waals surface area (Å²) in [6.07, 6.45) is 4.08. The standard InChI is InChI=1S/C16H18N2O3/c1-21-12-8-4-7-11(9-12)14-17-15(19)13(16(20)18-14)10-5-2-3-6-10/h4,7-10H,2-3,5-6H2,1H3,(H2,17,18,19,20). The number of nitrogens with zero attached hydrogens (tertiary/aromatic N) is 1. The molecule has 2 N–H and O–H groups in total. The van der Waals surface area contributed by atoms with Crippen LogP contribution < -0.4 is 10.3 Å². The van der Waals surface area contributed by atoms with Crippen molar-refractivity contribution in [1.29, 1.82) is 0 Å². The quantitative estimate of drug-likeness (QED) is 0.909. The van der Waals surface area contributed by atoms with Gasteiger partial charge in [0.2, 0.25) is 5.88 Å². The number of benzene rings is 1. The minimum atomic E-state index is -0.243. The Morgan fingerprint density at radius 1 is 1.33 bits per heavy atom. The summed E-state index contributed by atoms with van der Waals surface area (Å²) < 4.78 is 5.16. The molecule has 1 fully saturated rings. The summed E-state index contributed by atoms with van der Waals surface area (Å²) in [5, 5.41) is 10.2. The van der Waals surface area contributed by atoms with E-state index in [0.29, 0.717) is 22.7 Å². The first kappa shape index (κ1) is 13.7. The lowest BCUT2D eigenvalue weighted by Gasteiger charge is -2.11. The Bertz CT molecular complexity index is 703. The Morgan fingerprint density at radius 3 is 2.76 bits per heavy atom. The fourth-order valence-electron chi connectivity index (χ4n) is 2.96. The van der Waals surface area contributed by atoms with Crippen LogP contribution in [0.2, 0.25) is 0 Å². The number of aromatic amines is 1. The summed E-state index contributed by atoms with van der Waals surface area (Å²) in [4.78, 5) is 19.2. The van der Waals surface area contributed by atoms with Crippen molar-refractivity contribution in [3.05, 3.63) is 40.2 Å². The van der Waals surface area contributed by atoms with Gasteiger partial charge in [-0.2, -0.15) is 4.98 Å². The zero-order chi connectivity index (χ0) is 14.8. The van der Waals surface area contributed by atoms with Gasteiger partial charge in [-0.15, -0.1) is 0 Å². The smallest absolute Gasteiger partial charge is 0.258 e. The van der Waals surface area contributed by atoms with E-state index in [1.54, 1.807) is 13.2 Å². The van der Waals surface area contributed by atoms with Crippen LogP contribution >= 0.6 is 0 Å². The van der Waals surface area contributed by atoms with E-state index in [1.807, 2.05) is 18.2 Å². The molecule has 1 aromatic heterocycles. The van der Waals surface area contributed by atoms with Crippen LogP contribution in [-0.4, -0.2) is 22.2 Å². The first-order valence-corrected chi connectivity index (χ1v) is 7.16. The summed E-state index contributed by atoms with van der Waals surface area (Å²) in [6.45, 7) is 0. The second-order valence-corrected chi connectivity index (χ2v) is 5.37. The van der Waals surface area contributed by atoms with E-state index in [-0.39, 0.29) is 17.4 Å². The van der Waals surface area contributed by atoms with Crippen molar-refractivity contribution in [3.63, 3.8) is 0 Å². The maximum Gasteiger partial charge on any atom is 0.258 e. The summed E-state index contributed by atoms with van der Waals surface area (Å²) in [5.74, 6) is 1.01. The first-order chi connectivity index (χ1) is 10.2. The fraction of sp³-hybridized carbons (Fsp3) is 0.375. The minimum Gasteiger partial charge on any atom is -0.497 e. The van der Waals surface area contributed by atoms with E-state index < -0.39 is 0 Å². The normalized spacial score (nSPS) is 15.3. The van der Waals surface area contributed by atoms with Crippen LogP contribution in [0, 0.1) is 0 Å². The molecule has 21 heavy (non-hydrogen) atoms. The molecule has 3 rings (SSSR count). The van der Waals surface area contributed by atoms with E-state index in [0.717, 1.165) is 25.7 Å². The molecule has 1 aromatic carbocycles. The average molecular weight is 286 g/mol. The maximum absolute atomic E-state index is 12.3. The summed E-state index contributed by atoms with van der Waals surface area (Å²) in [5.41, 5.74) is 0.895. The Labute approximate surface area is 122 Å². The van der Waals surface area contributed by atoms with Crippen molar-refractivity contribution in [1.82, 2.24) is 9.97 Å². The number of aromatic nitrogens is 2. The molecule has 1 aliphatic rings. The molecule has 110 valence electrons. The van der Waals surface area contributed by atoms with Gasteiger partial charge >= 0.3 is 0 Å². The largest absolute Gasteiger partial charge is 0.497 e. The Hall–Kier alpha value is -2.30. The number of rotatable bonds is 3. The van der Waals surface area contributed by atoms with Gasteiger partial charge < -0.3 is 14.8 Å². The summed E-state index contributed by atoms with van der Waals surface area (Å²) >= 11 is 0. The van der Waals surface area contributed by atoms with Gasteiger partial charge in [0.1, 0.15) is 11.6 Å². The van der Waals surface area contributed by atoms with Gasteiger partial charge in [-0.1, -0.05) is 25.0 Å². The molecule has 1 saturated carbocycles. The molecule has 0 bridgehead atoms. The van der Waals surface area contributed by atoms with Crippen LogP contribution in [-0.2, 0) is 0 Å². The van der Waals surface area contributed by atoms with Crippen molar-refractivity contribution in [2.75, 3.05) is 7.11 Å². The molecule has 5 heteroatoms. The zero-order valence-electron chi connectivity index (χ0n) is 11.9. The van der Waals surface area contributed by atoms with Crippen LogP contribution in [0.25, 0.3) is 11.4 Å². The van der Waals surface area contributed by atoms with Crippen LogP contribution in [0.3, 0.4) is 0 Å². The molecule has 0 amide bonds. The molecular weight excluding hydrogens is 268 g/mol. The molecule has 0 aliphatic heterocycles. The molecular formula is C16H18N2O3. The van der Waals surface area contributed by atoms with Gasteiger partial charge in [0, 0.05) is 5.56 Å². The zero-order valence-corrected chi connectivity index (χ0v) is 11.9. The third-order valence-electron chi connectivity index (χ3n) is 4.04. The predicted octanol–water partition coefficient (Wildman–Crippen LogP) is 2.81. The van der Waals surface area contributed by atoms with E-state index in [2.05, 4.69) is 9.97 Å². The second kappa shape index (κ2) is 5.60. The highest BCUT2D eigenvalue weighted by Gasteiger charge is 2.24. The Balaban J connectivity index is 2.03. The first-order valence-electron chi connectivity index (χ1n) is 7.16. The summed E-state index contributed by atoms with van der Waals surface area (Å²) in [7, 11) is 1.58. The number of nitrogens with one attached hydrogen (secondary N) is 1. The van der Waals surface area contributed by atoms with Crippen molar-refractivity contribution in [2.24, 2.45) is 0 Å². The lowest BCUT2D eigenvalue weighted by Crippen LogP contribution is -2.17. The van der Waals surface area contributed by atoms with E-state index in [4.69, 9.17) is 4.74 Å². The van der Waals surface area contributed by atoms with Gasteiger partial charge in [-0.3, -0.25) is 4.79 Å². The highest BCUT2D eigenvalue weighted by Crippen LogP contribution is 2.36. The van der Waals surface area contributed by atoms with Crippen LogP contribution in [0.4, 0.5) is 0 Å².